The largest absolute Gasteiger partial charge is 0.496 e. The van der Waals surface area contributed by atoms with E-state index < -0.39 is 12.0 Å². The number of esters is 1. The first kappa shape index (κ1) is 27.4. The molecule has 39 heavy (non-hydrogen) atoms. The zero-order chi connectivity index (χ0) is 27.8. The van der Waals surface area contributed by atoms with Crippen LogP contribution in [0.1, 0.15) is 54.2 Å². The number of amides is 3. The van der Waals surface area contributed by atoms with Crippen molar-refractivity contribution in [2.24, 2.45) is 0 Å². The van der Waals surface area contributed by atoms with Crippen molar-refractivity contribution in [2.75, 3.05) is 25.6 Å². The van der Waals surface area contributed by atoms with E-state index in [2.05, 4.69) is 10.6 Å². The van der Waals surface area contributed by atoms with Crippen LogP contribution in [-0.4, -0.2) is 43.1 Å². The average molecular weight is 528 g/mol. The summed E-state index contributed by atoms with van der Waals surface area (Å²) >= 11 is 0. The van der Waals surface area contributed by atoms with Crippen molar-refractivity contribution in [1.82, 2.24) is 10.2 Å². The monoisotopic (exact) mass is 527 g/mol. The summed E-state index contributed by atoms with van der Waals surface area (Å²) in [6.07, 6.45) is 1.66. The molecule has 3 aromatic carbocycles. The normalized spacial score (nSPS) is 15.0. The van der Waals surface area contributed by atoms with Crippen molar-refractivity contribution in [1.29, 1.82) is 0 Å². The molecule has 0 unspecified atom stereocenters. The van der Waals surface area contributed by atoms with E-state index in [4.69, 9.17) is 9.47 Å². The molecule has 8 nitrogen and oxygen atoms in total. The molecule has 202 valence electrons. The molecule has 0 aliphatic carbocycles. The molecular weight excluding hydrogens is 494 g/mol. The number of methoxy groups -OCH3 is 1. The number of ether oxygens (including phenoxy) is 2. The maximum absolute atomic E-state index is 13.5. The number of rotatable bonds is 10. The fourth-order valence-corrected chi connectivity index (χ4v) is 4.59. The molecule has 0 spiro atoms. The zero-order valence-corrected chi connectivity index (χ0v) is 22.4. The van der Waals surface area contributed by atoms with Crippen LogP contribution in [0.2, 0.25) is 0 Å². The van der Waals surface area contributed by atoms with Crippen LogP contribution in [-0.2, 0) is 9.53 Å². The number of hydrogen-bond donors (Lipinski definition) is 2. The molecule has 0 bridgehead atoms. The standard InChI is InChI=1S/C31H33N3O5/c1-4-6-19-34-28(21-13-8-7-9-14-21)26(30(36)39-5-2)27(33-31(34)37)22-15-12-16-23(20-22)32-29(35)24-17-10-11-18-25(24)38-3/h7-18,20,27H,4-6,19H2,1-3H3,(H,32,35)(H,33,37)/t27-/m0/s1. The lowest BCUT2D eigenvalue weighted by Crippen LogP contribution is -2.48. The van der Waals surface area contributed by atoms with Gasteiger partial charge in [-0.15, -0.1) is 0 Å². The Labute approximate surface area is 228 Å². The van der Waals surface area contributed by atoms with Gasteiger partial charge in [-0.1, -0.05) is 67.9 Å². The van der Waals surface area contributed by atoms with Gasteiger partial charge >= 0.3 is 12.0 Å². The van der Waals surface area contributed by atoms with Crippen LogP contribution in [0.4, 0.5) is 10.5 Å². The lowest BCUT2D eigenvalue weighted by molar-refractivity contribution is -0.138. The molecule has 0 saturated heterocycles. The predicted octanol–water partition coefficient (Wildman–Crippen LogP) is 5.79. The van der Waals surface area contributed by atoms with Crippen molar-refractivity contribution >= 4 is 29.3 Å². The van der Waals surface area contributed by atoms with Gasteiger partial charge in [0.15, 0.2) is 0 Å². The molecule has 0 fully saturated rings. The Morgan fingerprint density at radius 3 is 2.44 bits per heavy atom. The minimum atomic E-state index is -0.784. The van der Waals surface area contributed by atoms with Crippen LogP contribution in [0.5, 0.6) is 5.75 Å². The lowest BCUT2D eigenvalue weighted by Gasteiger charge is -2.37. The smallest absolute Gasteiger partial charge is 0.338 e. The molecular formula is C31H33N3O5. The van der Waals surface area contributed by atoms with Crippen LogP contribution in [0.15, 0.2) is 84.4 Å². The number of nitrogens with zero attached hydrogens (tertiary/aromatic N) is 1. The molecule has 0 saturated carbocycles. The number of nitrogens with one attached hydrogen (secondary N) is 2. The molecule has 8 heteroatoms. The van der Waals surface area contributed by atoms with Crippen molar-refractivity contribution in [3.05, 3.63) is 101 Å². The Kier molecular flexibility index (Phi) is 8.99. The molecule has 0 radical (unpaired) electrons. The Bertz CT molecular complexity index is 1370. The molecule has 3 amide bonds. The summed E-state index contributed by atoms with van der Waals surface area (Å²) in [7, 11) is 1.51. The number of carbonyl (C=O) groups is 3. The summed E-state index contributed by atoms with van der Waals surface area (Å²) in [4.78, 5) is 41.6. The third-order valence-electron chi connectivity index (χ3n) is 6.43. The quantitative estimate of drug-likeness (QED) is 0.326. The molecule has 1 atom stereocenters. The highest BCUT2D eigenvalue weighted by Gasteiger charge is 2.38. The highest BCUT2D eigenvalue weighted by molar-refractivity contribution is 6.07. The Hall–Kier alpha value is -4.59. The SMILES string of the molecule is CCCCN1C(=O)N[C@@H](c2cccc(NC(=O)c3ccccc3OC)c2)C(C(=O)OCC)=C1c1ccccc1. The third kappa shape index (κ3) is 6.12. The van der Waals surface area contributed by atoms with Gasteiger partial charge in [-0.2, -0.15) is 0 Å². The van der Waals surface area contributed by atoms with Gasteiger partial charge in [0.05, 0.1) is 36.6 Å². The number of urea groups is 1. The Morgan fingerprint density at radius 2 is 1.72 bits per heavy atom. The molecule has 1 heterocycles. The fraction of sp³-hybridized carbons (Fsp3) is 0.258. The number of hydrogen-bond acceptors (Lipinski definition) is 5. The van der Waals surface area contributed by atoms with Crippen molar-refractivity contribution in [3.8, 4) is 5.75 Å². The summed E-state index contributed by atoms with van der Waals surface area (Å²) in [5, 5.41) is 5.91. The third-order valence-corrected chi connectivity index (χ3v) is 6.43. The molecule has 2 N–H and O–H groups in total. The van der Waals surface area contributed by atoms with E-state index >= 15 is 0 Å². The van der Waals surface area contributed by atoms with E-state index in [1.807, 2.05) is 43.3 Å². The van der Waals surface area contributed by atoms with Gasteiger partial charge in [0.1, 0.15) is 5.75 Å². The van der Waals surface area contributed by atoms with Gasteiger partial charge in [0, 0.05) is 12.2 Å². The van der Waals surface area contributed by atoms with E-state index in [0.717, 1.165) is 18.4 Å². The van der Waals surface area contributed by atoms with Gasteiger partial charge < -0.3 is 20.1 Å². The number of para-hydroxylation sites is 1. The highest BCUT2D eigenvalue weighted by atomic mass is 16.5. The summed E-state index contributed by atoms with van der Waals surface area (Å²) in [6, 6.07) is 22.3. The van der Waals surface area contributed by atoms with E-state index in [-0.39, 0.29) is 18.5 Å². The zero-order valence-electron chi connectivity index (χ0n) is 22.4. The highest BCUT2D eigenvalue weighted by Crippen LogP contribution is 2.37. The first-order valence-corrected chi connectivity index (χ1v) is 13.1. The predicted molar refractivity (Wildman–Crippen MR) is 150 cm³/mol. The molecule has 4 rings (SSSR count). The summed E-state index contributed by atoms with van der Waals surface area (Å²) in [6.45, 7) is 4.44. The maximum atomic E-state index is 13.5. The average Bonchev–Trinajstić information content (AvgIpc) is 2.96. The molecule has 1 aliphatic rings. The second-order valence-electron chi connectivity index (χ2n) is 9.02. The van der Waals surface area contributed by atoms with Gasteiger partial charge in [-0.25, -0.2) is 9.59 Å². The molecule has 3 aromatic rings. The Balaban J connectivity index is 1.79. The van der Waals surface area contributed by atoms with Crippen molar-refractivity contribution in [3.63, 3.8) is 0 Å². The summed E-state index contributed by atoms with van der Waals surface area (Å²) < 4.78 is 10.8. The van der Waals surface area contributed by atoms with Crippen LogP contribution in [0.25, 0.3) is 5.70 Å². The minimum Gasteiger partial charge on any atom is -0.496 e. The Morgan fingerprint density at radius 1 is 0.974 bits per heavy atom. The van der Waals surface area contributed by atoms with Crippen LogP contribution in [0.3, 0.4) is 0 Å². The second-order valence-corrected chi connectivity index (χ2v) is 9.02. The number of carbonyl (C=O) groups excluding carboxylic acids is 3. The van der Waals surface area contributed by atoms with E-state index in [1.54, 1.807) is 54.3 Å². The van der Waals surface area contributed by atoms with E-state index in [9.17, 15) is 14.4 Å². The number of unbranched alkanes of at least 4 members (excludes halogenated alkanes) is 1. The van der Waals surface area contributed by atoms with Gasteiger partial charge in [0.2, 0.25) is 0 Å². The van der Waals surface area contributed by atoms with Crippen LogP contribution < -0.4 is 15.4 Å². The van der Waals surface area contributed by atoms with Crippen molar-refractivity contribution in [2.45, 2.75) is 32.7 Å². The van der Waals surface area contributed by atoms with E-state index in [1.165, 1.54) is 7.11 Å². The molecule has 0 aromatic heterocycles. The van der Waals surface area contributed by atoms with Gasteiger partial charge in [-0.3, -0.25) is 9.69 Å². The lowest BCUT2D eigenvalue weighted by atomic mass is 9.91. The number of anilines is 1. The summed E-state index contributed by atoms with van der Waals surface area (Å²) in [5.41, 5.74) is 3.15. The van der Waals surface area contributed by atoms with Gasteiger partial charge in [-0.05, 0) is 48.7 Å². The van der Waals surface area contributed by atoms with Crippen LogP contribution in [0, 0.1) is 0 Å². The fourth-order valence-electron chi connectivity index (χ4n) is 4.59. The number of benzene rings is 3. The minimum absolute atomic E-state index is 0.190. The summed E-state index contributed by atoms with van der Waals surface area (Å²) in [5.74, 6) is -0.390. The first-order chi connectivity index (χ1) is 19.0. The van der Waals surface area contributed by atoms with Gasteiger partial charge in [0.25, 0.3) is 5.91 Å². The topological polar surface area (TPSA) is 97.0 Å². The second kappa shape index (κ2) is 12.8. The van der Waals surface area contributed by atoms with E-state index in [0.29, 0.717) is 40.4 Å². The maximum Gasteiger partial charge on any atom is 0.338 e. The molecule has 1 aliphatic heterocycles. The van der Waals surface area contributed by atoms with Crippen LogP contribution >= 0.6 is 0 Å². The van der Waals surface area contributed by atoms with Crippen molar-refractivity contribution < 1.29 is 23.9 Å². The first-order valence-electron chi connectivity index (χ1n) is 13.1.